The summed E-state index contributed by atoms with van der Waals surface area (Å²) in [6.07, 6.45) is 5.59. The summed E-state index contributed by atoms with van der Waals surface area (Å²) >= 11 is 1.54. The molecule has 0 saturated carbocycles. The third-order valence-electron chi connectivity index (χ3n) is 3.59. The third kappa shape index (κ3) is 2.89. The van der Waals surface area contributed by atoms with Crippen molar-refractivity contribution in [2.24, 2.45) is 0 Å². The van der Waals surface area contributed by atoms with Crippen molar-refractivity contribution in [3.63, 3.8) is 0 Å². The molecular weight excluding hydrogens is 300 g/mol. The van der Waals surface area contributed by atoms with Gasteiger partial charge in [0.2, 0.25) is 0 Å². The van der Waals surface area contributed by atoms with Crippen LogP contribution in [0.1, 0.15) is 15.9 Å². The average molecular weight is 316 g/mol. The first-order chi connectivity index (χ1) is 10.7. The highest BCUT2D eigenvalue weighted by molar-refractivity contribution is 7.99. The second-order valence-corrected chi connectivity index (χ2v) is 6.16. The van der Waals surface area contributed by atoms with Gasteiger partial charge in [-0.3, -0.25) is 19.1 Å². The number of nitrogens with zero attached hydrogens (tertiary/aromatic N) is 4. The molecule has 0 unspecified atom stereocenters. The smallest absolute Gasteiger partial charge is 0.267 e. The van der Waals surface area contributed by atoms with E-state index < -0.39 is 0 Å². The summed E-state index contributed by atoms with van der Waals surface area (Å²) in [5.74, 6) is 0.546. The number of likely N-dealkylation sites (N-methyl/N-ethyl adjacent to an activating group) is 1. The van der Waals surface area contributed by atoms with Crippen molar-refractivity contribution in [3.8, 4) is 0 Å². The van der Waals surface area contributed by atoms with E-state index in [1.807, 2.05) is 12.1 Å². The molecule has 7 heteroatoms. The molecule has 2 aromatic heterocycles. The van der Waals surface area contributed by atoms with Crippen LogP contribution in [0.3, 0.4) is 0 Å². The summed E-state index contributed by atoms with van der Waals surface area (Å²) in [5.41, 5.74) is 0.954. The zero-order valence-corrected chi connectivity index (χ0v) is 13.0. The van der Waals surface area contributed by atoms with E-state index in [2.05, 4.69) is 9.97 Å². The van der Waals surface area contributed by atoms with Crippen molar-refractivity contribution in [1.82, 2.24) is 19.4 Å². The van der Waals surface area contributed by atoms with E-state index in [9.17, 15) is 9.59 Å². The topological polar surface area (TPSA) is 68.1 Å². The lowest BCUT2D eigenvalue weighted by molar-refractivity contribution is 0.0793. The molecule has 3 rings (SSSR count). The van der Waals surface area contributed by atoms with Gasteiger partial charge in [-0.15, -0.1) is 0 Å². The van der Waals surface area contributed by atoms with Gasteiger partial charge in [-0.2, -0.15) is 0 Å². The fraction of sp³-hybridized carbons (Fsp3) is 0.333. The predicted molar refractivity (Wildman–Crippen MR) is 84.1 cm³/mol. The van der Waals surface area contributed by atoms with Crippen LogP contribution < -0.4 is 5.56 Å². The zero-order chi connectivity index (χ0) is 15.5. The van der Waals surface area contributed by atoms with Gasteiger partial charge in [0.1, 0.15) is 5.56 Å². The van der Waals surface area contributed by atoms with Crippen LogP contribution in [0.2, 0.25) is 0 Å². The van der Waals surface area contributed by atoms with Gasteiger partial charge in [0, 0.05) is 44.5 Å². The normalized spacial score (nSPS) is 13.0. The van der Waals surface area contributed by atoms with Crippen LogP contribution in [-0.2, 0) is 13.0 Å². The Labute approximate surface area is 132 Å². The van der Waals surface area contributed by atoms with Crippen LogP contribution >= 0.6 is 11.8 Å². The molecule has 1 aliphatic rings. The molecule has 1 amide bonds. The monoisotopic (exact) mass is 316 g/mol. The summed E-state index contributed by atoms with van der Waals surface area (Å²) in [6.45, 7) is 1.15. The number of hydrogen-bond acceptors (Lipinski definition) is 5. The highest BCUT2D eigenvalue weighted by Crippen LogP contribution is 2.20. The maximum Gasteiger partial charge on any atom is 0.267 e. The SMILES string of the molecule is CN(CCc1cccnc1)C(=O)c1cnc2n(c1=O)CCS2. The quantitative estimate of drug-likeness (QED) is 0.789. The van der Waals surface area contributed by atoms with E-state index in [0.717, 1.165) is 11.3 Å². The fourth-order valence-corrected chi connectivity index (χ4v) is 3.23. The summed E-state index contributed by atoms with van der Waals surface area (Å²) in [4.78, 5) is 34.6. The number of amides is 1. The van der Waals surface area contributed by atoms with Crippen molar-refractivity contribution in [2.75, 3.05) is 19.3 Å². The average Bonchev–Trinajstić information content (AvgIpc) is 3.03. The van der Waals surface area contributed by atoms with E-state index in [-0.39, 0.29) is 17.0 Å². The minimum atomic E-state index is -0.284. The van der Waals surface area contributed by atoms with Crippen molar-refractivity contribution in [2.45, 2.75) is 18.1 Å². The Morgan fingerprint density at radius 1 is 1.45 bits per heavy atom. The van der Waals surface area contributed by atoms with Crippen LogP contribution in [0, 0.1) is 0 Å². The number of thioether (sulfide) groups is 1. The molecule has 0 bridgehead atoms. The van der Waals surface area contributed by atoms with Gasteiger partial charge in [0.05, 0.1) is 0 Å². The van der Waals surface area contributed by atoms with Gasteiger partial charge in [-0.05, 0) is 18.1 Å². The standard InChI is InChI=1S/C15H16N4O2S/c1-18(6-4-11-3-2-5-16-9-11)13(20)12-10-17-15-19(14(12)21)7-8-22-15/h2-3,5,9-10H,4,6-8H2,1H3. The molecule has 6 nitrogen and oxygen atoms in total. The van der Waals surface area contributed by atoms with Gasteiger partial charge in [0.25, 0.3) is 11.5 Å². The van der Waals surface area contributed by atoms with Gasteiger partial charge < -0.3 is 4.90 Å². The maximum absolute atomic E-state index is 12.4. The molecule has 0 fully saturated rings. The second-order valence-electron chi connectivity index (χ2n) is 5.10. The first kappa shape index (κ1) is 14.8. The molecule has 0 aliphatic carbocycles. The summed E-state index contributed by atoms with van der Waals surface area (Å²) in [6, 6.07) is 3.83. The first-order valence-corrected chi connectivity index (χ1v) is 8.02. The van der Waals surface area contributed by atoms with E-state index in [1.165, 1.54) is 18.0 Å². The Morgan fingerprint density at radius 3 is 3.09 bits per heavy atom. The lowest BCUT2D eigenvalue weighted by Gasteiger charge is -2.17. The van der Waals surface area contributed by atoms with E-state index in [4.69, 9.17) is 0 Å². The number of hydrogen-bond donors (Lipinski definition) is 0. The first-order valence-electron chi connectivity index (χ1n) is 7.04. The number of carbonyl (C=O) groups is 1. The van der Waals surface area contributed by atoms with Crippen LogP contribution in [0.15, 0.2) is 40.7 Å². The molecule has 0 atom stereocenters. The van der Waals surface area contributed by atoms with Crippen LogP contribution in [-0.4, -0.2) is 44.7 Å². The highest BCUT2D eigenvalue weighted by Gasteiger charge is 2.21. The van der Waals surface area contributed by atoms with Crippen molar-refractivity contribution in [1.29, 1.82) is 0 Å². The lowest BCUT2D eigenvalue weighted by atomic mass is 10.2. The maximum atomic E-state index is 12.4. The Hall–Kier alpha value is -2.15. The van der Waals surface area contributed by atoms with Crippen LogP contribution in [0.5, 0.6) is 0 Å². The molecule has 0 aromatic carbocycles. The van der Waals surface area contributed by atoms with Crippen molar-refractivity contribution >= 4 is 17.7 Å². The summed E-state index contributed by atoms with van der Waals surface area (Å²) < 4.78 is 1.58. The van der Waals surface area contributed by atoms with E-state index >= 15 is 0 Å². The number of pyridine rings is 1. The summed E-state index contributed by atoms with van der Waals surface area (Å²) in [7, 11) is 1.70. The highest BCUT2D eigenvalue weighted by atomic mass is 32.2. The number of aromatic nitrogens is 3. The van der Waals surface area contributed by atoms with Crippen LogP contribution in [0.4, 0.5) is 0 Å². The van der Waals surface area contributed by atoms with Gasteiger partial charge in [-0.25, -0.2) is 4.98 Å². The molecule has 114 valence electrons. The largest absolute Gasteiger partial charge is 0.341 e. The molecule has 1 aliphatic heterocycles. The predicted octanol–water partition coefficient (Wildman–Crippen LogP) is 1.06. The van der Waals surface area contributed by atoms with Gasteiger partial charge in [-0.1, -0.05) is 17.8 Å². The molecule has 2 aromatic rings. The lowest BCUT2D eigenvalue weighted by Crippen LogP contribution is -2.35. The van der Waals surface area contributed by atoms with Crippen molar-refractivity contribution in [3.05, 3.63) is 52.2 Å². The minimum Gasteiger partial charge on any atom is -0.341 e. The van der Waals surface area contributed by atoms with E-state index in [0.29, 0.717) is 24.7 Å². The molecule has 0 N–H and O–H groups in total. The molecule has 0 spiro atoms. The number of rotatable bonds is 4. The van der Waals surface area contributed by atoms with Gasteiger partial charge in [0.15, 0.2) is 5.16 Å². The Bertz CT molecular complexity index is 745. The second kappa shape index (κ2) is 6.31. The number of fused-ring (bicyclic) bond motifs is 1. The summed E-state index contributed by atoms with van der Waals surface area (Å²) in [5, 5.41) is 0.694. The Balaban J connectivity index is 1.72. The van der Waals surface area contributed by atoms with Crippen molar-refractivity contribution < 1.29 is 4.79 Å². The molecular formula is C15H16N4O2S. The fourth-order valence-electron chi connectivity index (χ4n) is 2.31. The van der Waals surface area contributed by atoms with Crippen LogP contribution in [0.25, 0.3) is 0 Å². The molecule has 0 radical (unpaired) electrons. The zero-order valence-electron chi connectivity index (χ0n) is 12.2. The number of carbonyl (C=O) groups excluding carboxylic acids is 1. The Kier molecular flexibility index (Phi) is 4.24. The molecule has 22 heavy (non-hydrogen) atoms. The third-order valence-corrected chi connectivity index (χ3v) is 4.56. The molecule has 3 heterocycles. The Morgan fingerprint density at radius 2 is 2.32 bits per heavy atom. The van der Waals surface area contributed by atoms with E-state index in [1.54, 1.807) is 28.9 Å². The molecule has 0 saturated heterocycles. The minimum absolute atomic E-state index is 0.139. The van der Waals surface area contributed by atoms with Gasteiger partial charge >= 0.3 is 0 Å².